The molecule has 0 aromatic rings. The molecule has 6 nitrogen and oxygen atoms in total. The van der Waals surface area contributed by atoms with Gasteiger partial charge in [-0.2, -0.15) is 0 Å². The summed E-state index contributed by atoms with van der Waals surface area (Å²) >= 11 is 0. The van der Waals surface area contributed by atoms with Crippen molar-refractivity contribution in [1.82, 2.24) is 10.2 Å². The first-order valence-electron chi connectivity index (χ1n) is 24.7. The Balaban J connectivity index is 3.62. The van der Waals surface area contributed by atoms with Crippen LogP contribution < -0.4 is 5.32 Å². The Morgan fingerprint density at radius 2 is 0.945 bits per heavy atom. The largest absolute Gasteiger partial charge is 0.481 e. The molecule has 2 unspecified atom stereocenters. The summed E-state index contributed by atoms with van der Waals surface area (Å²) in [5, 5.41) is 22.2. The minimum Gasteiger partial charge on any atom is -0.481 e. The topological polar surface area (TPSA) is 89.9 Å². The Hall–Kier alpha value is -1.14. The lowest BCUT2D eigenvalue weighted by atomic mass is 9.71. The van der Waals surface area contributed by atoms with Crippen molar-refractivity contribution in [2.45, 2.75) is 258 Å². The van der Waals surface area contributed by atoms with E-state index in [9.17, 15) is 19.8 Å². The molecule has 326 valence electrons. The van der Waals surface area contributed by atoms with Crippen molar-refractivity contribution >= 4 is 11.9 Å². The number of carbonyl (C=O) groups is 2. The molecule has 0 amide bonds. The number of carboxylic acid groups (broad SMARTS) is 2. The van der Waals surface area contributed by atoms with Gasteiger partial charge < -0.3 is 15.5 Å². The summed E-state index contributed by atoms with van der Waals surface area (Å²) in [7, 11) is 0. The molecule has 0 radical (unpaired) electrons. The molecule has 1 heterocycles. The van der Waals surface area contributed by atoms with Crippen LogP contribution in [0.3, 0.4) is 0 Å². The maximum atomic E-state index is 11.4. The molecular formula is C49H96N2O4. The molecular weight excluding hydrogens is 681 g/mol. The zero-order valence-electron chi connectivity index (χ0n) is 37.5. The summed E-state index contributed by atoms with van der Waals surface area (Å²) in [4.78, 5) is 25.7. The maximum Gasteiger partial charge on any atom is 0.303 e. The number of piperidine rings is 1. The van der Waals surface area contributed by atoms with Gasteiger partial charge in [-0.25, -0.2) is 0 Å². The van der Waals surface area contributed by atoms with Gasteiger partial charge in [0.15, 0.2) is 0 Å². The SMILES string of the molecule is CCCCCCC(CCCCC)CC(CCCCCCC(=O)O)(CC(CCCCC)CCCCCC)N(CCCCCCCC(=O)O)CCC1CCNCC1. The molecule has 0 aliphatic carbocycles. The van der Waals surface area contributed by atoms with Crippen molar-refractivity contribution in [3.63, 3.8) is 0 Å². The summed E-state index contributed by atoms with van der Waals surface area (Å²) in [5.74, 6) is 1.06. The molecule has 0 bridgehead atoms. The van der Waals surface area contributed by atoms with Gasteiger partial charge in [-0.15, -0.1) is 0 Å². The number of hydrogen-bond donors (Lipinski definition) is 3. The minimum absolute atomic E-state index is 0.201. The van der Waals surface area contributed by atoms with Gasteiger partial charge in [-0.05, 0) is 102 Å². The van der Waals surface area contributed by atoms with Gasteiger partial charge in [-0.1, -0.05) is 182 Å². The molecule has 2 atom stereocenters. The highest BCUT2D eigenvalue weighted by Gasteiger charge is 2.40. The van der Waals surface area contributed by atoms with Crippen molar-refractivity contribution in [2.24, 2.45) is 17.8 Å². The predicted octanol–water partition coefficient (Wildman–Crippen LogP) is 14.4. The Bertz CT molecular complexity index is 847. The summed E-state index contributed by atoms with van der Waals surface area (Å²) in [6.45, 7) is 14.1. The highest BCUT2D eigenvalue weighted by Crippen LogP contribution is 2.42. The van der Waals surface area contributed by atoms with Crippen LogP contribution in [0.5, 0.6) is 0 Å². The van der Waals surface area contributed by atoms with Crippen LogP contribution >= 0.6 is 0 Å². The summed E-state index contributed by atoms with van der Waals surface area (Å²) < 4.78 is 0. The van der Waals surface area contributed by atoms with Crippen LogP contribution in [-0.4, -0.2) is 58.8 Å². The average Bonchev–Trinajstić information content (AvgIpc) is 3.17. The lowest BCUT2D eigenvalue weighted by Gasteiger charge is -2.49. The van der Waals surface area contributed by atoms with Crippen LogP contribution in [0.4, 0.5) is 0 Å². The van der Waals surface area contributed by atoms with E-state index in [2.05, 4.69) is 37.9 Å². The second-order valence-electron chi connectivity index (χ2n) is 18.2. The zero-order chi connectivity index (χ0) is 40.2. The summed E-state index contributed by atoms with van der Waals surface area (Å²) in [6.07, 6.45) is 42.4. The summed E-state index contributed by atoms with van der Waals surface area (Å²) in [5.41, 5.74) is 0.201. The van der Waals surface area contributed by atoms with E-state index >= 15 is 0 Å². The van der Waals surface area contributed by atoms with E-state index in [1.165, 1.54) is 186 Å². The first-order chi connectivity index (χ1) is 26.8. The number of carboxylic acids is 2. The molecule has 0 aromatic carbocycles. The van der Waals surface area contributed by atoms with Crippen molar-refractivity contribution in [1.29, 1.82) is 0 Å². The van der Waals surface area contributed by atoms with E-state index in [4.69, 9.17) is 0 Å². The molecule has 1 saturated heterocycles. The van der Waals surface area contributed by atoms with Gasteiger partial charge in [0.2, 0.25) is 0 Å². The van der Waals surface area contributed by atoms with Crippen LogP contribution in [0, 0.1) is 17.8 Å². The lowest BCUT2D eigenvalue weighted by molar-refractivity contribution is -0.138. The van der Waals surface area contributed by atoms with Crippen LogP contribution in [0.2, 0.25) is 0 Å². The van der Waals surface area contributed by atoms with Gasteiger partial charge >= 0.3 is 11.9 Å². The third-order valence-electron chi connectivity index (χ3n) is 13.2. The van der Waals surface area contributed by atoms with E-state index < -0.39 is 11.9 Å². The van der Waals surface area contributed by atoms with Crippen LogP contribution in [0.25, 0.3) is 0 Å². The standard InChI is InChI=1S/C49H96N2O4/c1-5-9-13-22-30-45(28-20-11-7-3)42-49(37-26-18-17-25-33-48(54)55,43-46(29-21-12-8-4)31-23-14-10-6-2)51(41-36-44-34-38-50-39-35-44)40-27-19-15-16-24-32-47(52)53/h44-46,50H,5-43H2,1-4H3,(H,52,53)(H,54,55). The monoisotopic (exact) mass is 777 g/mol. The maximum absolute atomic E-state index is 11.4. The number of aliphatic carboxylic acids is 2. The first-order valence-corrected chi connectivity index (χ1v) is 24.7. The van der Waals surface area contributed by atoms with E-state index in [0.717, 1.165) is 69.4 Å². The fourth-order valence-corrected chi connectivity index (χ4v) is 9.85. The van der Waals surface area contributed by atoms with Crippen LogP contribution in [0.1, 0.15) is 252 Å². The van der Waals surface area contributed by atoms with Crippen LogP contribution in [-0.2, 0) is 9.59 Å². The first kappa shape index (κ1) is 51.9. The van der Waals surface area contributed by atoms with Gasteiger partial charge in [0.05, 0.1) is 0 Å². The fraction of sp³-hybridized carbons (Fsp3) is 0.959. The molecule has 1 rings (SSSR count). The Labute approximate surface area is 342 Å². The Morgan fingerprint density at radius 1 is 0.545 bits per heavy atom. The van der Waals surface area contributed by atoms with Crippen LogP contribution in [0.15, 0.2) is 0 Å². The third kappa shape index (κ3) is 28.0. The lowest BCUT2D eigenvalue weighted by Crippen LogP contribution is -2.52. The van der Waals surface area contributed by atoms with Crippen molar-refractivity contribution in [2.75, 3.05) is 26.2 Å². The number of nitrogens with one attached hydrogen (secondary N) is 1. The van der Waals surface area contributed by atoms with Gasteiger partial charge in [-0.3, -0.25) is 14.5 Å². The number of unbranched alkanes of at least 4 members (excludes halogenated alkanes) is 17. The quantitative estimate of drug-likeness (QED) is 0.0536. The van der Waals surface area contributed by atoms with Gasteiger partial charge in [0, 0.05) is 18.4 Å². The molecule has 1 aliphatic rings. The molecule has 6 heteroatoms. The van der Waals surface area contributed by atoms with Gasteiger partial charge in [0.1, 0.15) is 0 Å². The normalized spacial score (nSPS) is 16.0. The van der Waals surface area contributed by atoms with E-state index in [-0.39, 0.29) is 5.54 Å². The molecule has 3 N–H and O–H groups in total. The number of hydrogen-bond acceptors (Lipinski definition) is 4. The van der Waals surface area contributed by atoms with E-state index in [1.54, 1.807) is 0 Å². The predicted molar refractivity (Wildman–Crippen MR) is 237 cm³/mol. The van der Waals surface area contributed by atoms with E-state index in [1.807, 2.05) is 0 Å². The van der Waals surface area contributed by atoms with E-state index in [0.29, 0.717) is 12.8 Å². The smallest absolute Gasteiger partial charge is 0.303 e. The van der Waals surface area contributed by atoms with Crippen molar-refractivity contribution < 1.29 is 19.8 Å². The minimum atomic E-state index is -0.664. The molecule has 1 fully saturated rings. The third-order valence-corrected chi connectivity index (χ3v) is 13.2. The number of rotatable bonds is 41. The molecule has 0 saturated carbocycles. The Morgan fingerprint density at radius 3 is 1.42 bits per heavy atom. The molecule has 55 heavy (non-hydrogen) atoms. The Kier molecular flexibility index (Phi) is 33.9. The fourth-order valence-electron chi connectivity index (χ4n) is 9.85. The average molecular weight is 777 g/mol. The highest BCUT2D eigenvalue weighted by atomic mass is 16.4. The highest BCUT2D eigenvalue weighted by molar-refractivity contribution is 5.66. The zero-order valence-corrected chi connectivity index (χ0v) is 37.5. The van der Waals surface area contributed by atoms with Crippen molar-refractivity contribution in [3.8, 4) is 0 Å². The molecule has 0 aromatic heterocycles. The summed E-state index contributed by atoms with van der Waals surface area (Å²) in [6, 6.07) is 0. The molecule has 1 aliphatic heterocycles. The number of nitrogens with zero attached hydrogens (tertiary/aromatic N) is 1. The molecule has 0 spiro atoms. The second kappa shape index (κ2) is 36.0. The van der Waals surface area contributed by atoms with Gasteiger partial charge in [0.25, 0.3) is 0 Å². The second-order valence-corrected chi connectivity index (χ2v) is 18.2. The van der Waals surface area contributed by atoms with Crippen molar-refractivity contribution in [3.05, 3.63) is 0 Å².